The molecule has 5 unspecified atom stereocenters. The van der Waals surface area contributed by atoms with Crippen molar-refractivity contribution in [2.45, 2.75) is 63.7 Å². The summed E-state index contributed by atoms with van der Waals surface area (Å²) < 4.78 is 0. The summed E-state index contributed by atoms with van der Waals surface area (Å²) >= 11 is -0.556. The summed E-state index contributed by atoms with van der Waals surface area (Å²) in [4.78, 5) is 4.57. The molecule has 0 radical (unpaired) electrons. The van der Waals surface area contributed by atoms with E-state index in [1.54, 1.807) is 0 Å². The van der Waals surface area contributed by atoms with E-state index in [2.05, 4.69) is 17.1 Å². The van der Waals surface area contributed by atoms with Crippen LogP contribution in [0.25, 0.3) is 0 Å². The van der Waals surface area contributed by atoms with Crippen LogP contribution in [-0.2, 0) is 17.0 Å². The van der Waals surface area contributed by atoms with Crippen LogP contribution in [0.15, 0.2) is 53.5 Å². The number of fused-ring (bicyclic) bond motifs is 2. The van der Waals surface area contributed by atoms with E-state index in [9.17, 15) is 5.11 Å². The molecular weight excluding hydrogens is 473 g/mol. The van der Waals surface area contributed by atoms with Crippen molar-refractivity contribution in [1.82, 2.24) is 0 Å². The van der Waals surface area contributed by atoms with Crippen molar-refractivity contribution < 1.29 is 22.1 Å². The van der Waals surface area contributed by atoms with E-state index in [1.807, 2.05) is 42.6 Å². The average Bonchev–Trinajstić information content (AvgIpc) is 2.83. The monoisotopic (exact) mass is 505 g/mol. The van der Waals surface area contributed by atoms with E-state index >= 15 is 0 Å². The zero-order chi connectivity index (χ0) is 22.3. The third kappa shape index (κ3) is 5.82. The van der Waals surface area contributed by atoms with Crippen molar-refractivity contribution in [1.29, 1.82) is 0 Å². The van der Waals surface area contributed by atoms with Gasteiger partial charge in [0.1, 0.15) is 5.75 Å². The van der Waals surface area contributed by atoms with Gasteiger partial charge in [0.2, 0.25) is 0 Å². The Kier molecular flexibility index (Phi) is 9.18. The summed E-state index contributed by atoms with van der Waals surface area (Å²) in [6.07, 6.45) is 14.4. The van der Waals surface area contributed by atoms with Gasteiger partial charge in [-0.05, 0) is 72.6 Å². The van der Waals surface area contributed by atoms with Gasteiger partial charge in [-0.25, -0.2) is 0 Å². The number of benzene rings is 2. The van der Waals surface area contributed by atoms with Crippen molar-refractivity contribution >= 4 is 30.5 Å². The van der Waals surface area contributed by atoms with Gasteiger partial charge in [0.05, 0.1) is 5.69 Å². The fourth-order valence-corrected chi connectivity index (χ4v) is 6.68. The zero-order valence-corrected chi connectivity index (χ0v) is 21.7. The summed E-state index contributed by atoms with van der Waals surface area (Å²) in [5.74, 6) is 4.53. The number of nitrogens with zero attached hydrogens (tertiary/aromatic N) is 1. The molecule has 0 aromatic heterocycles. The van der Waals surface area contributed by atoms with E-state index < -0.39 is 17.0 Å². The molecule has 5 rings (SSSR count). The first kappa shape index (κ1) is 24.3. The van der Waals surface area contributed by atoms with E-state index in [4.69, 9.17) is 18.6 Å². The number of hydrogen-bond donors (Lipinski definition) is 1. The summed E-state index contributed by atoms with van der Waals surface area (Å²) in [7, 11) is 9.78. The molecule has 2 nitrogen and oxygen atoms in total. The van der Waals surface area contributed by atoms with Crippen LogP contribution in [0.3, 0.4) is 0 Å². The molecule has 3 saturated carbocycles. The molecule has 5 atom stereocenters. The minimum atomic E-state index is -0.556. The van der Waals surface area contributed by atoms with Gasteiger partial charge >= 0.3 is 35.6 Å². The van der Waals surface area contributed by atoms with Crippen LogP contribution in [0, 0.1) is 23.7 Å². The Balaban J connectivity index is 0.000000775. The Bertz CT molecular complexity index is 890. The van der Waals surface area contributed by atoms with Gasteiger partial charge in [0.15, 0.2) is 0 Å². The van der Waals surface area contributed by atoms with Crippen LogP contribution < -0.4 is 0 Å². The summed E-state index contributed by atoms with van der Waals surface area (Å²) in [6, 6.07) is 16.2. The van der Waals surface area contributed by atoms with Crippen molar-refractivity contribution in [3.8, 4) is 5.75 Å². The van der Waals surface area contributed by atoms with Crippen LogP contribution >= 0.6 is 18.6 Å². The number of para-hydroxylation sites is 2. The van der Waals surface area contributed by atoms with Gasteiger partial charge in [-0.1, -0.05) is 68.9 Å². The van der Waals surface area contributed by atoms with Crippen LogP contribution in [0.2, 0.25) is 0 Å². The van der Waals surface area contributed by atoms with Crippen LogP contribution in [-0.4, -0.2) is 11.3 Å². The third-order valence-electron chi connectivity index (χ3n) is 8.07. The molecule has 0 amide bonds. The quantitative estimate of drug-likeness (QED) is 0.328. The molecule has 2 aromatic rings. The maximum absolute atomic E-state index is 11.2. The van der Waals surface area contributed by atoms with Crippen molar-refractivity contribution in [3.05, 3.63) is 59.7 Å². The van der Waals surface area contributed by atoms with Gasteiger partial charge in [0, 0.05) is 11.8 Å². The molecular formula is C27H33Cl2NOTi. The van der Waals surface area contributed by atoms with Gasteiger partial charge in [-0.2, -0.15) is 0 Å². The normalized spacial score (nSPS) is 29.4. The molecule has 32 heavy (non-hydrogen) atoms. The molecule has 5 heteroatoms. The topological polar surface area (TPSA) is 32.6 Å². The summed E-state index contributed by atoms with van der Waals surface area (Å²) in [5.41, 5.74) is 2.94. The number of phenols is 1. The Morgan fingerprint density at radius 3 is 2.25 bits per heavy atom. The first-order valence-corrected chi connectivity index (χ1v) is 16.4. The van der Waals surface area contributed by atoms with E-state index in [0.29, 0.717) is 11.7 Å². The van der Waals surface area contributed by atoms with Crippen LogP contribution in [0.5, 0.6) is 5.75 Å². The minimum absolute atomic E-state index is 0.462. The number of phenolic OH excluding ortho intramolecular Hbond substituents is 1. The van der Waals surface area contributed by atoms with Crippen molar-refractivity contribution in [2.24, 2.45) is 28.7 Å². The molecule has 3 fully saturated rings. The van der Waals surface area contributed by atoms with E-state index in [1.165, 1.54) is 63.4 Å². The number of aromatic hydroxyl groups is 1. The number of hydrogen-bond acceptors (Lipinski definition) is 2. The molecule has 3 aliphatic rings. The third-order valence-corrected chi connectivity index (χ3v) is 8.07. The molecule has 0 saturated heterocycles. The second kappa shape index (κ2) is 12.1. The van der Waals surface area contributed by atoms with Crippen molar-refractivity contribution in [2.75, 3.05) is 0 Å². The molecule has 170 valence electrons. The second-order valence-corrected chi connectivity index (χ2v) is 12.3. The average molecular weight is 506 g/mol. The first-order chi connectivity index (χ1) is 15.7. The van der Waals surface area contributed by atoms with Gasteiger partial charge in [-0.3, -0.25) is 4.99 Å². The van der Waals surface area contributed by atoms with Crippen LogP contribution in [0.1, 0.15) is 74.8 Å². The number of rotatable bonds is 3. The van der Waals surface area contributed by atoms with Gasteiger partial charge in [0.25, 0.3) is 0 Å². The van der Waals surface area contributed by atoms with Gasteiger partial charge in [-0.15, -0.1) is 0 Å². The van der Waals surface area contributed by atoms with E-state index in [-0.39, 0.29) is 0 Å². The predicted molar refractivity (Wildman–Crippen MR) is 132 cm³/mol. The molecule has 3 aliphatic carbocycles. The van der Waals surface area contributed by atoms with Gasteiger partial charge < -0.3 is 5.11 Å². The summed E-state index contributed by atoms with van der Waals surface area (Å²) in [6.45, 7) is 0. The molecule has 0 bridgehead atoms. The Labute approximate surface area is 209 Å². The Hall–Kier alpha value is -0.796. The Morgan fingerprint density at radius 2 is 1.50 bits per heavy atom. The predicted octanol–water partition coefficient (Wildman–Crippen LogP) is 8.62. The van der Waals surface area contributed by atoms with Crippen molar-refractivity contribution in [3.63, 3.8) is 0 Å². The maximum atomic E-state index is 11.2. The first-order valence-electron chi connectivity index (χ1n) is 12.1. The molecule has 1 N–H and O–H groups in total. The van der Waals surface area contributed by atoms with Crippen LogP contribution in [0.4, 0.5) is 5.69 Å². The molecule has 0 aliphatic heterocycles. The fourth-order valence-electron chi connectivity index (χ4n) is 6.68. The number of halogens is 2. The Morgan fingerprint density at radius 1 is 0.812 bits per heavy atom. The standard InChI is InChI=1S/C27H33NO.2ClH.Ti/c29-27-22(18-28-23-12-2-1-3-13-23)11-7-15-25(27)24-14-6-10-21-16-19-8-4-5-9-20(19)17-26(21)24;;;/h1-3,7,11-13,15,18-21,24,26,29H,4-6,8-10,14,16-17H2;2*1H;/q;;;+2/p-2. The molecule has 0 spiro atoms. The fraction of sp³-hybridized carbons (Fsp3) is 0.519. The zero-order valence-electron chi connectivity index (χ0n) is 18.6. The summed E-state index contributed by atoms with van der Waals surface area (Å²) in [5, 5.41) is 11.2. The van der Waals surface area contributed by atoms with E-state index in [0.717, 1.165) is 34.9 Å². The molecule has 0 heterocycles. The second-order valence-electron chi connectivity index (χ2n) is 9.69. The molecule has 2 aromatic carbocycles. The number of aliphatic imine (C=N–C) groups is 1. The SMILES string of the molecule is Oc1c(C=Nc2ccccc2)cccc1C1CCCC2CC3CCCCC3CC21.[Cl][Ti][Cl].